The Morgan fingerprint density at radius 1 is 1.23 bits per heavy atom. The standard InChI is InChI=1S/C18H20N4O4/c1-11-19-7-5-16(20-11)21-14-9-24-8-6-13(14)22-18(23)12-3-2-4-15-17(12)26-10-25-15/h2-5,7,13-14H,6,8-10H2,1H3,(H,22,23)(H,19,20,21)/t13-,14+/m0/s1. The number of amides is 1. The quantitative estimate of drug-likeness (QED) is 0.857. The van der Waals surface area contributed by atoms with Crippen LogP contribution in [0.2, 0.25) is 0 Å². The van der Waals surface area contributed by atoms with Crippen LogP contribution in [0.3, 0.4) is 0 Å². The predicted octanol–water partition coefficient (Wildman–Crippen LogP) is 1.51. The number of para-hydroxylation sites is 1. The van der Waals surface area contributed by atoms with Crippen molar-refractivity contribution in [1.29, 1.82) is 0 Å². The van der Waals surface area contributed by atoms with E-state index >= 15 is 0 Å². The largest absolute Gasteiger partial charge is 0.454 e. The number of carbonyl (C=O) groups excluding carboxylic acids is 1. The Morgan fingerprint density at radius 3 is 3.04 bits per heavy atom. The lowest BCUT2D eigenvalue weighted by Gasteiger charge is -2.33. The van der Waals surface area contributed by atoms with Crippen molar-refractivity contribution >= 4 is 11.7 Å². The minimum Gasteiger partial charge on any atom is -0.454 e. The topological polar surface area (TPSA) is 94.6 Å². The summed E-state index contributed by atoms with van der Waals surface area (Å²) in [6, 6.07) is 6.93. The van der Waals surface area contributed by atoms with Crippen molar-refractivity contribution in [2.24, 2.45) is 0 Å². The number of aryl methyl sites for hydroxylation is 1. The van der Waals surface area contributed by atoms with Crippen LogP contribution in [0, 0.1) is 6.92 Å². The number of carbonyl (C=O) groups is 1. The van der Waals surface area contributed by atoms with Crippen LogP contribution >= 0.6 is 0 Å². The SMILES string of the molecule is Cc1nccc(N[C@@H]2COCC[C@@H]2NC(=O)c2cccc3c2OCO3)n1. The third-order valence-electron chi connectivity index (χ3n) is 4.42. The first-order valence-electron chi connectivity index (χ1n) is 8.54. The molecule has 4 rings (SSSR count). The minimum atomic E-state index is -0.190. The molecule has 1 amide bonds. The molecule has 0 spiro atoms. The molecule has 2 N–H and O–H groups in total. The van der Waals surface area contributed by atoms with Crippen LogP contribution in [0.4, 0.5) is 5.82 Å². The van der Waals surface area contributed by atoms with Crippen molar-refractivity contribution < 1.29 is 19.0 Å². The second kappa shape index (κ2) is 7.17. The number of rotatable bonds is 4. The summed E-state index contributed by atoms with van der Waals surface area (Å²) in [6.07, 6.45) is 2.41. The van der Waals surface area contributed by atoms with Gasteiger partial charge in [0, 0.05) is 12.8 Å². The first-order valence-corrected chi connectivity index (χ1v) is 8.54. The summed E-state index contributed by atoms with van der Waals surface area (Å²) in [7, 11) is 0. The fourth-order valence-corrected chi connectivity index (χ4v) is 3.13. The molecule has 1 aromatic heterocycles. The van der Waals surface area contributed by atoms with Gasteiger partial charge in [-0.15, -0.1) is 0 Å². The molecule has 1 aromatic carbocycles. The van der Waals surface area contributed by atoms with Crippen LogP contribution in [-0.2, 0) is 4.74 Å². The van der Waals surface area contributed by atoms with E-state index in [0.29, 0.717) is 48.3 Å². The summed E-state index contributed by atoms with van der Waals surface area (Å²) in [5.41, 5.74) is 0.475. The van der Waals surface area contributed by atoms with Crippen LogP contribution in [0.1, 0.15) is 22.6 Å². The second-order valence-electron chi connectivity index (χ2n) is 6.22. The molecule has 3 heterocycles. The molecule has 0 unspecified atom stereocenters. The van der Waals surface area contributed by atoms with Gasteiger partial charge in [0.1, 0.15) is 11.6 Å². The molecular weight excluding hydrogens is 336 g/mol. The molecule has 0 bridgehead atoms. The van der Waals surface area contributed by atoms with E-state index in [1.807, 2.05) is 6.92 Å². The van der Waals surface area contributed by atoms with Crippen molar-refractivity contribution in [3.63, 3.8) is 0 Å². The van der Waals surface area contributed by atoms with Crippen molar-refractivity contribution in [2.45, 2.75) is 25.4 Å². The fraction of sp³-hybridized carbons (Fsp3) is 0.389. The smallest absolute Gasteiger partial charge is 0.255 e. The van der Waals surface area contributed by atoms with Crippen LogP contribution in [0.15, 0.2) is 30.5 Å². The average molecular weight is 356 g/mol. The van der Waals surface area contributed by atoms with Gasteiger partial charge in [-0.05, 0) is 31.5 Å². The van der Waals surface area contributed by atoms with E-state index in [1.165, 1.54) is 0 Å². The van der Waals surface area contributed by atoms with Gasteiger partial charge in [0.05, 0.1) is 24.3 Å². The summed E-state index contributed by atoms with van der Waals surface area (Å²) >= 11 is 0. The van der Waals surface area contributed by atoms with E-state index in [1.54, 1.807) is 30.5 Å². The second-order valence-corrected chi connectivity index (χ2v) is 6.22. The number of ether oxygens (including phenoxy) is 3. The first-order chi connectivity index (χ1) is 12.7. The number of anilines is 1. The molecule has 2 aliphatic rings. The highest BCUT2D eigenvalue weighted by Crippen LogP contribution is 2.35. The molecule has 8 heteroatoms. The highest BCUT2D eigenvalue weighted by atomic mass is 16.7. The van der Waals surface area contributed by atoms with Gasteiger partial charge in [-0.2, -0.15) is 0 Å². The number of hydrogen-bond acceptors (Lipinski definition) is 7. The van der Waals surface area contributed by atoms with Crippen molar-refractivity contribution in [3.8, 4) is 11.5 Å². The molecule has 26 heavy (non-hydrogen) atoms. The lowest BCUT2D eigenvalue weighted by atomic mass is 10.0. The van der Waals surface area contributed by atoms with Gasteiger partial charge in [0.2, 0.25) is 6.79 Å². The normalized spacial score (nSPS) is 21.3. The molecule has 2 aliphatic heterocycles. The zero-order valence-electron chi connectivity index (χ0n) is 14.4. The molecule has 8 nitrogen and oxygen atoms in total. The monoisotopic (exact) mass is 356 g/mol. The van der Waals surface area contributed by atoms with Crippen LogP contribution in [0.5, 0.6) is 11.5 Å². The van der Waals surface area contributed by atoms with E-state index in [-0.39, 0.29) is 24.8 Å². The number of hydrogen-bond donors (Lipinski definition) is 2. The number of benzene rings is 1. The van der Waals surface area contributed by atoms with Gasteiger partial charge < -0.3 is 24.8 Å². The van der Waals surface area contributed by atoms with E-state index in [0.717, 1.165) is 0 Å². The molecule has 2 atom stereocenters. The maximum Gasteiger partial charge on any atom is 0.255 e. The molecule has 0 aliphatic carbocycles. The van der Waals surface area contributed by atoms with E-state index in [9.17, 15) is 4.79 Å². The van der Waals surface area contributed by atoms with E-state index < -0.39 is 0 Å². The lowest BCUT2D eigenvalue weighted by Crippen LogP contribution is -2.52. The third kappa shape index (κ3) is 3.41. The first kappa shape index (κ1) is 16.6. The van der Waals surface area contributed by atoms with Gasteiger partial charge in [-0.25, -0.2) is 9.97 Å². The Labute approximate surface area is 150 Å². The summed E-state index contributed by atoms with van der Waals surface area (Å²) < 4.78 is 16.4. The van der Waals surface area contributed by atoms with Crippen molar-refractivity contribution in [1.82, 2.24) is 15.3 Å². The Hall–Kier alpha value is -2.87. The molecule has 0 radical (unpaired) electrons. The maximum atomic E-state index is 12.8. The van der Waals surface area contributed by atoms with E-state index in [2.05, 4.69) is 20.6 Å². The highest BCUT2D eigenvalue weighted by molar-refractivity contribution is 5.98. The summed E-state index contributed by atoms with van der Waals surface area (Å²) in [5.74, 6) is 2.29. The zero-order valence-corrected chi connectivity index (χ0v) is 14.4. The Morgan fingerprint density at radius 2 is 2.15 bits per heavy atom. The Bertz CT molecular complexity index is 814. The van der Waals surface area contributed by atoms with Crippen LogP contribution in [0.25, 0.3) is 0 Å². The molecule has 1 fully saturated rings. The Kier molecular flexibility index (Phi) is 4.57. The Balaban J connectivity index is 1.48. The molecule has 1 saturated heterocycles. The number of aromatic nitrogens is 2. The van der Waals surface area contributed by atoms with E-state index in [4.69, 9.17) is 14.2 Å². The molecule has 136 valence electrons. The molecular formula is C18H20N4O4. The van der Waals surface area contributed by atoms with Gasteiger partial charge in [0.25, 0.3) is 5.91 Å². The van der Waals surface area contributed by atoms with Gasteiger partial charge in [-0.1, -0.05) is 6.07 Å². The van der Waals surface area contributed by atoms with Crippen LogP contribution < -0.4 is 20.1 Å². The predicted molar refractivity (Wildman–Crippen MR) is 93.4 cm³/mol. The number of nitrogens with zero attached hydrogens (tertiary/aromatic N) is 2. The highest BCUT2D eigenvalue weighted by Gasteiger charge is 2.30. The number of fused-ring (bicyclic) bond motifs is 1. The summed E-state index contributed by atoms with van der Waals surface area (Å²) in [5, 5.41) is 6.42. The molecule has 0 saturated carbocycles. The van der Waals surface area contributed by atoms with Gasteiger partial charge in [-0.3, -0.25) is 4.79 Å². The lowest BCUT2D eigenvalue weighted by molar-refractivity contribution is 0.0618. The maximum absolute atomic E-state index is 12.8. The van der Waals surface area contributed by atoms with Crippen molar-refractivity contribution in [2.75, 3.05) is 25.3 Å². The van der Waals surface area contributed by atoms with Gasteiger partial charge in [0.15, 0.2) is 11.5 Å². The average Bonchev–Trinajstić information content (AvgIpc) is 3.12. The summed E-state index contributed by atoms with van der Waals surface area (Å²) in [4.78, 5) is 21.2. The minimum absolute atomic E-state index is 0.0871. The van der Waals surface area contributed by atoms with Crippen LogP contribution in [-0.4, -0.2) is 48.0 Å². The summed E-state index contributed by atoms with van der Waals surface area (Å²) in [6.45, 7) is 3.05. The zero-order chi connectivity index (χ0) is 17.9. The molecule has 2 aromatic rings. The number of nitrogens with one attached hydrogen (secondary N) is 2. The van der Waals surface area contributed by atoms with Crippen molar-refractivity contribution in [3.05, 3.63) is 41.9 Å². The fourth-order valence-electron chi connectivity index (χ4n) is 3.13. The third-order valence-corrected chi connectivity index (χ3v) is 4.42. The van der Waals surface area contributed by atoms with Gasteiger partial charge >= 0.3 is 0 Å².